The number of hydrogen-bond acceptors (Lipinski definition) is 3. The Morgan fingerprint density at radius 1 is 1.47 bits per heavy atom. The molecule has 1 rings (SSSR count). The van der Waals surface area contributed by atoms with E-state index in [2.05, 4.69) is 17.9 Å². The molecule has 0 aliphatic carbocycles. The fraction of sp³-hybridized carbons (Fsp3) is 0.462. The average Bonchev–Trinajstić information content (AvgIpc) is 2.36. The lowest BCUT2D eigenvalue weighted by atomic mass is 10.0. The fourth-order valence-electron chi connectivity index (χ4n) is 1.95. The van der Waals surface area contributed by atoms with Crippen molar-refractivity contribution in [3.63, 3.8) is 0 Å². The van der Waals surface area contributed by atoms with E-state index in [-0.39, 0.29) is 6.04 Å². The van der Waals surface area contributed by atoms with E-state index in [0.717, 1.165) is 23.7 Å². The molecule has 4 heteroatoms. The third-order valence-electron chi connectivity index (χ3n) is 2.85. The maximum absolute atomic E-state index is 8.66. The first-order chi connectivity index (χ1) is 8.24. The highest BCUT2D eigenvalue weighted by atomic mass is 35.5. The van der Waals surface area contributed by atoms with Crippen molar-refractivity contribution in [2.45, 2.75) is 19.4 Å². The Bertz CT molecular complexity index is 386. The van der Waals surface area contributed by atoms with Crippen LogP contribution in [-0.2, 0) is 0 Å². The van der Waals surface area contributed by atoms with Crippen LogP contribution in [0.4, 0.5) is 0 Å². The highest BCUT2D eigenvalue weighted by molar-refractivity contribution is 6.31. The molecule has 0 aromatic heterocycles. The number of nitriles is 1. The SMILES string of the molecule is CCN(CCC#N)C(CN)c1ccccc1Cl. The van der Waals surface area contributed by atoms with Crippen LogP contribution in [0.1, 0.15) is 24.9 Å². The quantitative estimate of drug-likeness (QED) is 0.846. The van der Waals surface area contributed by atoms with Crippen LogP contribution in [0.3, 0.4) is 0 Å². The van der Waals surface area contributed by atoms with Crippen LogP contribution in [0, 0.1) is 11.3 Å². The third-order valence-corrected chi connectivity index (χ3v) is 3.19. The van der Waals surface area contributed by atoms with E-state index < -0.39 is 0 Å². The molecule has 1 aromatic carbocycles. The molecule has 0 spiro atoms. The Kier molecular flexibility index (Phi) is 5.99. The van der Waals surface area contributed by atoms with Gasteiger partial charge in [0.2, 0.25) is 0 Å². The zero-order chi connectivity index (χ0) is 12.7. The molecule has 3 nitrogen and oxygen atoms in total. The van der Waals surface area contributed by atoms with Crippen molar-refractivity contribution in [2.24, 2.45) is 5.73 Å². The predicted molar refractivity (Wildman–Crippen MR) is 70.7 cm³/mol. The van der Waals surface area contributed by atoms with Gasteiger partial charge in [0.25, 0.3) is 0 Å². The second kappa shape index (κ2) is 7.29. The van der Waals surface area contributed by atoms with Crippen LogP contribution in [0.5, 0.6) is 0 Å². The number of nitrogens with zero attached hydrogens (tertiary/aromatic N) is 2. The molecule has 1 atom stereocenters. The van der Waals surface area contributed by atoms with E-state index in [1.165, 1.54) is 0 Å². The first kappa shape index (κ1) is 14.0. The summed E-state index contributed by atoms with van der Waals surface area (Å²) >= 11 is 6.19. The van der Waals surface area contributed by atoms with Crippen molar-refractivity contribution in [1.82, 2.24) is 4.90 Å². The fourth-order valence-corrected chi connectivity index (χ4v) is 2.21. The summed E-state index contributed by atoms with van der Waals surface area (Å²) in [6.07, 6.45) is 0.509. The van der Waals surface area contributed by atoms with Crippen molar-refractivity contribution in [3.8, 4) is 6.07 Å². The Labute approximate surface area is 108 Å². The first-order valence-corrected chi connectivity index (χ1v) is 6.17. The van der Waals surface area contributed by atoms with Crippen LogP contribution in [0.25, 0.3) is 0 Å². The predicted octanol–water partition coefficient (Wildman–Crippen LogP) is 2.58. The molecule has 0 radical (unpaired) electrons. The highest BCUT2D eigenvalue weighted by Crippen LogP contribution is 2.26. The van der Waals surface area contributed by atoms with Gasteiger partial charge in [0.05, 0.1) is 6.07 Å². The Hall–Kier alpha value is -1.08. The van der Waals surface area contributed by atoms with Crippen LogP contribution in [-0.4, -0.2) is 24.5 Å². The molecule has 0 bridgehead atoms. The summed E-state index contributed by atoms with van der Waals surface area (Å²) in [5.74, 6) is 0. The summed E-state index contributed by atoms with van der Waals surface area (Å²) in [5.41, 5.74) is 6.88. The second-order valence-corrected chi connectivity index (χ2v) is 4.22. The second-order valence-electron chi connectivity index (χ2n) is 3.81. The molecule has 2 N–H and O–H groups in total. The summed E-state index contributed by atoms with van der Waals surface area (Å²) < 4.78 is 0. The lowest BCUT2D eigenvalue weighted by Crippen LogP contribution is -2.34. The van der Waals surface area contributed by atoms with Crippen molar-refractivity contribution >= 4 is 11.6 Å². The Balaban J connectivity index is 2.89. The molecule has 92 valence electrons. The molecule has 1 unspecified atom stereocenters. The van der Waals surface area contributed by atoms with Gasteiger partial charge in [-0.2, -0.15) is 5.26 Å². The van der Waals surface area contributed by atoms with Crippen LogP contribution < -0.4 is 5.73 Å². The average molecular weight is 252 g/mol. The van der Waals surface area contributed by atoms with Crippen LogP contribution in [0.15, 0.2) is 24.3 Å². The van der Waals surface area contributed by atoms with Gasteiger partial charge < -0.3 is 5.73 Å². The van der Waals surface area contributed by atoms with Crippen molar-refractivity contribution < 1.29 is 0 Å². The smallest absolute Gasteiger partial charge is 0.0635 e. The largest absolute Gasteiger partial charge is 0.329 e. The minimum atomic E-state index is 0.0852. The minimum Gasteiger partial charge on any atom is -0.329 e. The van der Waals surface area contributed by atoms with E-state index in [1.54, 1.807) is 0 Å². The topological polar surface area (TPSA) is 53.0 Å². The van der Waals surface area contributed by atoms with Crippen molar-refractivity contribution in [3.05, 3.63) is 34.9 Å². The van der Waals surface area contributed by atoms with Gasteiger partial charge in [-0.05, 0) is 18.2 Å². The molecule has 0 saturated heterocycles. The van der Waals surface area contributed by atoms with Gasteiger partial charge in [-0.3, -0.25) is 4.90 Å². The van der Waals surface area contributed by atoms with E-state index in [9.17, 15) is 0 Å². The molecular formula is C13H18ClN3. The first-order valence-electron chi connectivity index (χ1n) is 5.80. The van der Waals surface area contributed by atoms with Gasteiger partial charge in [0, 0.05) is 30.6 Å². The zero-order valence-corrected chi connectivity index (χ0v) is 10.8. The highest BCUT2D eigenvalue weighted by Gasteiger charge is 2.19. The molecular weight excluding hydrogens is 234 g/mol. The van der Waals surface area contributed by atoms with Gasteiger partial charge in [0.15, 0.2) is 0 Å². The summed E-state index contributed by atoms with van der Waals surface area (Å²) in [6, 6.07) is 9.98. The normalized spacial score (nSPS) is 12.4. The molecule has 0 heterocycles. The van der Waals surface area contributed by atoms with E-state index >= 15 is 0 Å². The summed E-state index contributed by atoms with van der Waals surface area (Å²) in [5, 5.41) is 9.39. The van der Waals surface area contributed by atoms with Gasteiger partial charge in [-0.15, -0.1) is 0 Å². The maximum Gasteiger partial charge on any atom is 0.0635 e. The molecule has 0 aliphatic rings. The molecule has 0 saturated carbocycles. The number of nitrogens with two attached hydrogens (primary N) is 1. The van der Waals surface area contributed by atoms with Gasteiger partial charge >= 0.3 is 0 Å². The molecule has 0 aliphatic heterocycles. The molecule has 1 aromatic rings. The number of likely N-dealkylation sites (N-methyl/N-ethyl adjacent to an activating group) is 1. The van der Waals surface area contributed by atoms with E-state index in [4.69, 9.17) is 22.6 Å². The molecule has 0 fully saturated rings. The minimum absolute atomic E-state index is 0.0852. The Morgan fingerprint density at radius 2 is 2.18 bits per heavy atom. The zero-order valence-electron chi connectivity index (χ0n) is 10.1. The number of rotatable bonds is 6. The summed E-state index contributed by atoms with van der Waals surface area (Å²) in [7, 11) is 0. The van der Waals surface area contributed by atoms with Gasteiger partial charge in [0.1, 0.15) is 0 Å². The lowest BCUT2D eigenvalue weighted by molar-refractivity contribution is 0.217. The number of hydrogen-bond donors (Lipinski definition) is 1. The third kappa shape index (κ3) is 3.71. The maximum atomic E-state index is 8.66. The lowest BCUT2D eigenvalue weighted by Gasteiger charge is -2.30. The molecule has 0 amide bonds. The molecule has 17 heavy (non-hydrogen) atoms. The van der Waals surface area contributed by atoms with Crippen LogP contribution in [0.2, 0.25) is 5.02 Å². The van der Waals surface area contributed by atoms with Crippen molar-refractivity contribution in [2.75, 3.05) is 19.6 Å². The number of halogens is 1. The van der Waals surface area contributed by atoms with Crippen molar-refractivity contribution in [1.29, 1.82) is 5.26 Å². The van der Waals surface area contributed by atoms with Gasteiger partial charge in [-0.1, -0.05) is 36.7 Å². The van der Waals surface area contributed by atoms with Crippen LogP contribution >= 0.6 is 11.6 Å². The Morgan fingerprint density at radius 3 is 2.71 bits per heavy atom. The summed E-state index contributed by atoms with van der Waals surface area (Å²) in [4.78, 5) is 2.18. The van der Waals surface area contributed by atoms with Gasteiger partial charge in [-0.25, -0.2) is 0 Å². The summed E-state index contributed by atoms with van der Waals surface area (Å²) in [6.45, 7) is 4.15. The number of benzene rings is 1. The van der Waals surface area contributed by atoms with E-state index in [0.29, 0.717) is 13.0 Å². The standard InChI is InChI=1S/C13H18ClN3/c1-2-17(9-5-8-15)13(10-16)11-6-3-4-7-12(11)14/h3-4,6-7,13H,2,5,9-10,16H2,1H3. The monoisotopic (exact) mass is 251 g/mol. The van der Waals surface area contributed by atoms with E-state index in [1.807, 2.05) is 24.3 Å².